The lowest BCUT2D eigenvalue weighted by atomic mass is 9.99. The van der Waals surface area contributed by atoms with E-state index in [9.17, 15) is 14.7 Å². The average Bonchev–Trinajstić information content (AvgIpc) is 2.65. The molecule has 2 atom stereocenters. The lowest BCUT2D eigenvalue weighted by molar-refractivity contribution is -0.139. The SMILES string of the molecule is CC(C)(C)OC(=O)NC(Cc1ccc(OCc2ccccc2)cc1)C(O)CC(=O)O. The van der Waals surface area contributed by atoms with Gasteiger partial charge in [0.2, 0.25) is 0 Å². The van der Waals surface area contributed by atoms with Gasteiger partial charge in [0.1, 0.15) is 18.0 Å². The first-order chi connectivity index (χ1) is 14.1. The van der Waals surface area contributed by atoms with Crippen molar-refractivity contribution in [2.45, 2.75) is 58.0 Å². The molecule has 30 heavy (non-hydrogen) atoms. The molecule has 0 spiro atoms. The third kappa shape index (κ3) is 8.53. The summed E-state index contributed by atoms with van der Waals surface area (Å²) < 4.78 is 11.0. The number of aliphatic hydroxyl groups excluding tert-OH is 1. The van der Waals surface area contributed by atoms with Gasteiger partial charge in [-0.05, 0) is 50.5 Å². The second-order valence-corrected chi connectivity index (χ2v) is 8.04. The predicted molar refractivity (Wildman–Crippen MR) is 112 cm³/mol. The molecule has 162 valence electrons. The maximum atomic E-state index is 12.1. The Morgan fingerprint density at radius 2 is 1.63 bits per heavy atom. The summed E-state index contributed by atoms with van der Waals surface area (Å²) in [4.78, 5) is 23.1. The third-order valence-electron chi connectivity index (χ3n) is 4.18. The number of ether oxygens (including phenoxy) is 2. The lowest BCUT2D eigenvalue weighted by Crippen LogP contribution is -2.47. The van der Waals surface area contributed by atoms with Gasteiger partial charge in [-0.15, -0.1) is 0 Å². The average molecular weight is 415 g/mol. The van der Waals surface area contributed by atoms with Crippen LogP contribution in [0.3, 0.4) is 0 Å². The molecule has 1 amide bonds. The van der Waals surface area contributed by atoms with Crippen molar-refractivity contribution in [3.05, 3.63) is 65.7 Å². The lowest BCUT2D eigenvalue weighted by Gasteiger charge is -2.26. The highest BCUT2D eigenvalue weighted by atomic mass is 16.6. The van der Waals surface area contributed by atoms with Crippen LogP contribution < -0.4 is 10.1 Å². The van der Waals surface area contributed by atoms with Gasteiger partial charge < -0.3 is 25.0 Å². The Labute approximate surface area is 176 Å². The molecule has 2 unspecified atom stereocenters. The highest BCUT2D eigenvalue weighted by molar-refractivity contribution is 5.69. The number of carboxylic acids is 1. The van der Waals surface area contributed by atoms with E-state index in [-0.39, 0.29) is 6.42 Å². The molecule has 2 aromatic carbocycles. The van der Waals surface area contributed by atoms with Crippen LogP contribution in [0.25, 0.3) is 0 Å². The molecular formula is C23H29NO6. The summed E-state index contributed by atoms with van der Waals surface area (Å²) in [7, 11) is 0. The number of aliphatic hydroxyl groups is 1. The minimum Gasteiger partial charge on any atom is -0.489 e. The number of carbonyl (C=O) groups is 2. The van der Waals surface area contributed by atoms with Crippen molar-refractivity contribution in [3.8, 4) is 5.75 Å². The Kier molecular flexibility index (Phi) is 8.24. The summed E-state index contributed by atoms with van der Waals surface area (Å²) in [5.41, 5.74) is 1.16. The molecule has 3 N–H and O–H groups in total. The molecule has 2 rings (SSSR count). The van der Waals surface area contributed by atoms with Crippen LogP contribution in [0.2, 0.25) is 0 Å². The monoisotopic (exact) mass is 415 g/mol. The van der Waals surface area contributed by atoms with E-state index in [1.807, 2.05) is 42.5 Å². The maximum Gasteiger partial charge on any atom is 0.407 e. The van der Waals surface area contributed by atoms with Crippen LogP contribution in [0.4, 0.5) is 4.79 Å². The largest absolute Gasteiger partial charge is 0.489 e. The number of benzene rings is 2. The first kappa shape index (κ1) is 23.2. The quantitative estimate of drug-likeness (QED) is 0.579. The van der Waals surface area contributed by atoms with E-state index in [1.165, 1.54) is 0 Å². The van der Waals surface area contributed by atoms with Crippen molar-refractivity contribution < 1.29 is 29.3 Å². The van der Waals surface area contributed by atoms with Crippen LogP contribution in [0.15, 0.2) is 54.6 Å². The summed E-state index contributed by atoms with van der Waals surface area (Å²) in [6, 6.07) is 16.2. The van der Waals surface area contributed by atoms with Gasteiger partial charge in [-0.2, -0.15) is 0 Å². The summed E-state index contributed by atoms with van der Waals surface area (Å²) in [5, 5.41) is 21.8. The van der Waals surface area contributed by atoms with Crippen LogP contribution in [-0.2, 0) is 22.6 Å². The molecule has 0 aliphatic heterocycles. The Hall–Kier alpha value is -3.06. The smallest absolute Gasteiger partial charge is 0.407 e. The minimum absolute atomic E-state index is 0.243. The highest BCUT2D eigenvalue weighted by Crippen LogP contribution is 2.17. The van der Waals surface area contributed by atoms with Gasteiger partial charge in [0.25, 0.3) is 0 Å². The van der Waals surface area contributed by atoms with Crippen molar-refractivity contribution in [2.75, 3.05) is 0 Å². The van der Waals surface area contributed by atoms with Gasteiger partial charge >= 0.3 is 12.1 Å². The Balaban J connectivity index is 2.00. The summed E-state index contributed by atoms with van der Waals surface area (Å²) in [5.74, 6) is -0.464. The van der Waals surface area contributed by atoms with Crippen LogP contribution >= 0.6 is 0 Å². The zero-order valence-corrected chi connectivity index (χ0v) is 17.5. The van der Waals surface area contributed by atoms with E-state index < -0.39 is 36.2 Å². The Bertz CT molecular complexity index is 814. The molecule has 0 fully saturated rings. The Morgan fingerprint density at radius 3 is 2.20 bits per heavy atom. The fourth-order valence-electron chi connectivity index (χ4n) is 2.78. The first-order valence-electron chi connectivity index (χ1n) is 9.77. The van der Waals surface area contributed by atoms with E-state index in [1.54, 1.807) is 32.9 Å². The molecule has 0 aliphatic carbocycles. The normalized spacial score (nSPS) is 13.2. The molecule has 0 heterocycles. The van der Waals surface area contributed by atoms with Gasteiger partial charge in [0.05, 0.1) is 18.6 Å². The molecule has 0 saturated carbocycles. The number of carboxylic acid groups (broad SMARTS) is 1. The van der Waals surface area contributed by atoms with Gasteiger partial charge in [-0.3, -0.25) is 4.79 Å². The summed E-state index contributed by atoms with van der Waals surface area (Å²) in [6.45, 7) is 5.62. The van der Waals surface area contributed by atoms with Gasteiger partial charge in [-0.1, -0.05) is 42.5 Å². The molecule has 0 bridgehead atoms. The molecule has 0 aliphatic rings. The van der Waals surface area contributed by atoms with E-state index >= 15 is 0 Å². The highest BCUT2D eigenvalue weighted by Gasteiger charge is 2.26. The fourth-order valence-corrected chi connectivity index (χ4v) is 2.78. The first-order valence-corrected chi connectivity index (χ1v) is 9.77. The molecule has 7 nitrogen and oxygen atoms in total. The van der Waals surface area contributed by atoms with E-state index in [4.69, 9.17) is 14.6 Å². The van der Waals surface area contributed by atoms with E-state index in [0.717, 1.165) is 11.1 Å². The second-order valence-electron chi connectivity index (χ2n) is 8.04. The molecule has 0 radical (unpaired) electrons. The van der Waals surface area contributed by atoms with Gasteiger partial charge in [-0.25, -0.2) is 4.79 Å². The summed E-state index contributed by atoms with van der Waals surface area (Å²) >= 11 is 0. The number of alkyl carbamates (subject to hydrolysis) is 1. The fraction of sp³-hybridized carbons (Fsp3) is 0.391. The minimum atomic E-state index is -1.26. The predicted octanol–water partition coefficient (Wildman–Crippen LogP) is 3.54. The van der Waals surface area contributed by atoms with Gasteiger partial charge in [0.15, 0.2) is 0 Å². The number of nitrogens with one attached hydrogen (secondary N) is 1. The standard InChI is InChI=1S/C23H29NO6/c1-23(2,3)30-22(28)24-19(20(25)14-21(26)27)13-16-9-11-18(12-10-16)29-15-17-7-5-4-6-8-17/h4-12,19-20,25H,13-15H2,1-3H3,(H,24,28)(H,26,27). The van der Waals surface area contributed by atoms with Crippen LogP contribution in [0, 0.1) is 0 Å². The van der Waals surface area contributed by atoms with Crippen molar-refractivity contribution >= 4 is 12.1 Å². The molecular weight excluding hydrogens is 386 g/mol. The molecule has 7 heteroatoms. The topological polar surface area (TPSA) is 105 Å². The zero-order valence-electron chi connectivity index (χ0n) is 17.5. The van der Waals surface area contributed by atoms with Crippen molar-refractivity contribution in [3.63, 3.8) is 0 Å². The number of hydrogen-bond acceptors (Lipinski definition) is 5. The van der Waals surface area contributed by atoms with E-state index in [2.05, 4.69) is 5.32 Å². The number of rotatable bonds is 9. The molecule has 2 aromatic rings. The van der Waals surface area contributed by atoms with Crippen molar-refractivity contribution in [2.24, 2.45) is 0 Å². The van der Waals surface area contributed by atoms with Gasteiger partial charge in [0, 0.05) is 0 Å². The third-order valence-corrected chi connectivity index (χ3v) is 4.18. The second kappa shape index (κ2) is 10.6. The Morgan fingerprint density at radius 1 is 1.00 bits per heavy atom. The number of carbonyl (C=O) groups excluding carboxylic acids is 1. The molecule has 0 aromatic heterocycles. The van der Waals surface area contributed by atoms with Crippen LogP contribution in [-0.4, -0.2) is 40.0 Å². The van der Waals surface area contributed by atoms with Crippen LogP contribution in [0.1, 0.15) is 38.3 Å². The number of aliphatic carboxylic acids is 1. The maximum absolute atomic E-state index is 12.1. The number of hydrogen-bond donors (Lipinski definition) is 3. The zero-order chi connectivity index (χ0) is 22.1. The van der Waals surface area contributed by atoms with Crippen molar-refractivity contribution in [1.82, 2.24) is 5.32 Å². The van der Waals surface area contributed by atoms with E-state index in [0.29, 0.717) is 12.4 Å². The summed E-state index contributed by atoms with van der Waals surface area (Å²) in [6.07, 6.45) is -2.21. The molecule has 0 saturated heterocycles. The van der Waals surface area contributed by atoms with Crippen LogP contribution in [0.5, 0.6) is 5.75 Å². The number of amides is 1. The van der Waals surface area contributed by atoms with Crippen molar-refractivity contribution in [1.29, 1.82) is 0 Å².